The number of benzene rings is 1. The normalized spacial score (nSPS) is 10.4. The van der Waals surface area contributed by atoms with E-state index >= 15 is 0 Å². The Hall–Kier alpha value is -1.81. The zero-order valence-corrected chi connectivity index (χ0v) is 11.2. The van der Waals surface area contributed by atoms with Gasteiger partial charge in [0.25, 0.3) is 5.91 Å². The van der Waals surface area contributed by atoms with E-state index in [-0.39, 0.29) is 5.91 Å². The zero-order valence-electron chi connectivity index (χ0n) is 10.5. The molecule has 1 heterocycles. The summed E-state index contributed by atoms with van der Waals surface area (Å²) in [6, 6.07) is 5.50. The number of rotatable bonds is 2. The van der Waals surface area contributed by atoms with Crippen LogP contribution in [0.1, 0.15) is 27.3 Å². The Kier molecular flexibility index (Phi) is 3.39. The van der Waals surface area contributed by atoms with Crippen LogP contribution in [0, 0.1) is 20.8 Å². The SMILES string of the molecule is Cc1cccc(Cl)c1NC(=O)c1c(C)n[nH]c1C. The van der Waals surface area contributed by atoms with Crippen molar-refractivity contribution in [3.8, 4) is 0 Å². The molecule has 0 aliphatic carbocycles. The van der Waals surface area contributed by atoms with E-state index in [1.54, 1.807) is 13.0 Å². The molecule has 1 aromatic carbocycles. The van der Waals surface area contributed by atoms with Crippen molar-refractivity contribution in [1.82, 2.24) is 10.2 Å². The lowest BCUT2D eigenvalue weighted by atomic mass is 10.1. The summed E-state index contributed by atoms with van der Waals surface area (Å²) in [6.45, 7) is 5.50. The summed E-state index contributed by atoms with van der Waals surface area (Å²) < 4.78 is 0. The monoisotopic (exact) mass is 263 g/mol. The molecule has 1 aromatic heterocycles. The molecule has 5 heteroatoms. The molecule has 0 aliphatic rings. The summed E-state index contributed by atoms with van der Waals surface area (Å²) in [5, 5.41) is 10.2. The molecule has 0 spiro atoms. The van der Waals surface area contributed by atoms with Gasteiger partial charge in [-0.3, -0.25) is 9.89 Å². The summed E-state index contributed by atoms with van der Waals surface area (Å²) in [4.78, 5) is 12.2. The molecule has 0 unspecified atom stereocenters. The summed E-state index contributed by atoms with van der Waals surface area (Å²) in [7, 11) is 0. The Bertz CT molecular complexity index is 565. The van der Waals surface area contributed by atoms with Crippen LogP contribution in [0.3, 0.4) is 0 Å². The molecule has 0 radical (unpaired) electrons. The van der Waals surface area contributed by atoms with Crippen molar-refractivity contribution >= 4 is 23.2 Å². The molecule has 18 heavy (non-hydrogen) atoms. The maximum atomic E-state index is 12.2. The van der Waals surface area contributed by atoms with E-state index in [2.05, 4.69) is 15.5 Å². The van der Waals surface area contributed by atoms with Crippen LogP contribution >= 0.6 is 11.6 Å². The summed E-state index contributed by atoms with van der Waals surface area (Å²) in [6.07, 6.45) is 0. The van der Waals surface area contributed by atoms with Crippen LogP contribution in [0.4, 0.5) is 5.69 Å². The fourth-order valence-electron chi connectivity index (χ4n) is 1.85. The number of anilines is 1. The maximum Gasteiger partial charge on any atom is 0.259 e. The summed E-state index contributed by atoms with van der Waals surface area (Å²) in [5.41, 5.74) is 3.55. The third kappa shape index (κ3) is 2.24. The number of amides is 1. The highest BCUT2D eigenvalue weighted by Crippen LogP contribution is 2.26. The number of aromatic nitrogens is 2. The van der Waals surface area contributed by atoms with Crippen LogP contribution in [0.25, 0.3) is 0 Å². The van der Waals surface area contributed by atoms with Crippen molar-refractivity contribution in [3.05, 3.63) is 45.7 Å². The quantitative estimate of drug-likeness (QED) is 0.874. The number of aryl methyl sites for hydroxylation is 3. The second-order valence-corrected chi connectivity index (χ2v) is 4.60. The second kappa shape index (κ2) is 4.82. The minimum absolute atomic E-state index is 0.199. The number of hydrogen-bond donors (Lipinski definition) is 2. The lowest BCUT2D eigenvalue weighted by molar-refractivity contribution is 0.102. The molecule has 0 atom stereocenters. The third-order valence-electron chi connectivity index (χ3n) is 2.82. The van der Waals surface area contributed by atoms with Crippen molar-refractivity contribution < 1.29 is 4.79 Å². The van der Waals surface area contributed by atoms with Crippen molar-refractivity contribution in [2.24, 2.45) is 0 Å². The molecule has 0 aliphatic heterocycles. The molecule has 0 fully saturated rings. The largest absolute Gasteiger partial charge is 0.320 e. The number of aromatic amines is 1. The molecule has 2 aromatic rings. The van der Waals surface area contributed by atoms with Gasteiger partial charge in [-0.2, -0.15) is 5.10 Å². The van der Waals surface area contributed by atoms with Gasteiger partial charge in [-0.25, -0.2) is 0 Å². The first kappa shape index (κ1) is 12.6. The fraction of sp³-hybridized carbons (Fsp3) is 0.231. The average Bonchev–Trinajstić information content (AvgIpc) is 2.64. The summed E-state index contributed by atoms with van der Waals surface area (Å²) >= 11 is 6.08. The van der Waals surface area contributed by atoms with Gasteiger partial charge in [0, 0.05) is 5.69 Å². The Labute approximate surface area is 110 Å². The zero-order chi connectivity index (χ0) is 13.3. The highest BCUT2D eigenvalue weighted by Gasteiger charge is 2.17. The Balaban J connectivity index is 2.33. The Morgan fingerprint density at radius 2 is 2.06 bits per heavy atom. The van der Waals surface area contributed by atoms with E-state index in [9.17, 15) is 4.79 Å². The van der Waals surface area contributed by atoms with Gasteiger partial charge in [-0.05, 0) is 32.4 Å². The molecule has 0 saturated heterocycles. The van der Waals surface area contributed by atoms with Crippen LogP contribution in [0.15, 0.2) is 18.2 Å². The highest BCUT2D eigenvalue weighted by molar-refractivity contribution is 6.34. The van der Waals surface area contributed by atoms with Gasteiger partial charge in [-0.1, -0.05) is 23.7 Å². The molecule has 0 bridgehead atoms. The molecule has 2 rings (SSSR count). The van der Waals surface area contributed by atoms with Crippen molar-refractivity contribution in [1.29, 1.82) is 0 Å². The molecule has 4 nitrogen and oxygen atoms in total. The highest BCUT2D eigenvalue weighted by atomic mass is 35.5. The van der Waals surface area contributed by atoms with E-state index in [4.69, 9.17) is 11.6 Å². The van der Waals surface area contributed by atoms with Gasteiger partial charge in [0.2, 0.25) is 0 Å². The van der Waals surface area contributed by atoms with Gasteiger partial charge in [0.1, 0.15) is 0 Å². The van der Waals surface area contributed by atoms with Gasteiger partial charge in [0.05, 0.1) is 22.0 Å². The first-order valence-electron chi connectivity index (χ1n) is 5.58. The molecule has 94 valence electrons. The first-order chi connectivity index (χ1) is 8.50. The summed E-state index contributed by atoms with van der Waals surface area (Å²) in [5.74, 6) is -0.199. The van der Waals surface area contributed by atoms with Crippen LogP contribution in [0.2, 0.25) is 5.02 Å². The fourth-order valence-corrected chi connectivity index (χ4v) is 2.12. The van der Waals surface area contributed by atoms with Gasteiger partial charge >= 0.3 is 0 Å². The van der Waals surface area contributed by atoms with E-state index in [0.717, 1.165) is 11.3 Å². The van der Waals surface area contributed by atoms with E-state index in [1.807, 2.05) is 26.0 Å². The second-order valence-electron chi connectivity index (χ2n) is 4.19. The minimum Gasteiger partial charge on any atom is -0.320 e. The predicted molar refractivity (Wildman–Crippen MR) is 72.2 cm³/mol. The number of carbonyl (C=O) groups excluding carboxylic acids is 1. The van der Waals surface area contributed by atoms with Crippen LogP contribution in [-0.4, -0.2) is 16.1 Å². The van der Waals surface area contributed by atoms with Gasteiger partial charge in [-0.15, -0.1) is 0 Å². The van der Waals surface area contributed by atoms with E-state index in [1.165, 1.54) is 0 Å². The molecular weight excluding hydrogens is 250 g/mol. The van der Waals surface area contributed by atoms with Crippen LogP contribution in [0.5, 0.6) is 0 Å². The Morgan fingerprint density at radius 1 is 1.33 bits per heavy atom. The minimum atomic E-state index is -0.199. The molecule has 1 amide bonds. The van der Waals surface area contributed by atoms with Gasteiger partial charge < -0.3 is 5.32 Å². The van der Waals surface area contributed by atoms with Crippen LogP contribution in [-0.2, 0) is 0 Å². The number of H-pyrrole nitrogens is 1. The topological polar surface area (TPSA) is 57.8 Å². The Morgan fingerprint density at radius 3 is 2.61 bits per heavy atom. The van der Waals surface area contributed by atoms with E-state index < -0.39 is 0 Å². The third-order valence-corrected chi connectivity index (χ3v) is 3.13. The lowest BCUT2D eigenvalue weighted by Gasteiger charge is -2.10. The van der Waals surface area contributed by atoms with Crippen molar-refractivity contribution in [2.75, 3.05) is 5.32 Å². The molecule has 2 N–H and O–H groups in total. The number of hydrogen-bond acceptors (Lipinski definition) is 2. The number of halogens is 1. The number of para-hydroxylation sites is 1. The average molecular weight is 264 g/mol. The number of carbonyl (C=O) groups is 1. The maximum absolute atomic E-state index is 12.2. The lowest BCUT2D eigenvalue weighted by Crippen LogP contribution is -2.14. The van der Waals surface area contributed by atoms with Crippen LogP contribution < -0.4 is 5.32 Å². The predicted octanol–water partition coefficient (Wildman–Crippen LogP) is 3.24. The molecule has 0 saturated carbocycles. The number of nitrogens with zero attached hydrogens (tertiary/aromatic N) is 1. The van der Waals surface area contributed by atoms with Crippen molar-refractivity contribution in [2.45, 2.75) is 20.8 Å². The van der Waals surface area contributed by atoms with E-state index in [0.29, 0.717) is 22.0 Å². The van der Waals surface area contributed by atoms with Gasteiger partial charge in [0.15, 0.2) is 0 Å². The number of nitrogens with one attached hydrogen (secondary N) is 2. The molecular formula is C13H14ClN3O. The first-order valence-corrected chi connectivity index (χ1v) is 5.96. The smallest absolute Gasteiger partial charge is 0.259 e. The standard InChI is InChI=1S/C13H14ClN3O/c1-7-5-4-6-10(14)12(7)15-13(18)11-8(2)16-17-9(11)3/h4-6H,1-3H3,(H,15,18)(H,16,17). The van der Waals surface area contributed by atoms with Crippen molar-refractivity contribution in [3.63, 3.8) is 0 Å².